The molecule has 2 amide bonds. The van der Waals surface area contributed by atoms with Crippen LogP contribution in [-0.4, -0.2) is 56.2 Å². The first kappa shape index (κ1) is 21.2. The summed E-state index contributed by atoms with van der Waals surface area (Å²) < 4.78 is 0. The second kappa shape index (κ2) is 5.76. The molecule has 4 heterocycles. The molecule has 2 aromatic rings. The van der Waals surface area contributed by atoms with Crippen molar-refractivity contribution < 1.29 is 19.2 Å². The number of likely N-dealkylation sites (tertiary alicyclic amines) is 2. The zero-order valence-corrected chi connectivity index (χ0v) is 21.9. The Morgan fingerprint density at radius 3 is 1.56 bits per heavy atom. The van der Waals surface area contributed by atoms with Crippen LogP contribution in [0.3, 0.4) is 0 Å². The van der Waals surface area contributed by atoms with E-state index in [4.69, 9.17) is 0 Å². The van der Waals surface area contributed by atoms with E-state index in [1.807, 2.05) is 36.0 Å². The second-order valence-corrected chi connectivity index (χ2v) is 13.9. The Labute approximate surface area is 224 Å². The van der Waals surface area contributed by atoms with Crippen LogP contribution in [0.5, 0.6) is 0 Å². The average molecular weight is 521 g/mol. The molecule has 39 heavy (non-hydrogen) atoms. The number of rotatable bonds is 2. The number of hydrogen-bond donors (Lipinski definition) is 2. The van der Waals surface area contributed by atoms with E-state index >= 15 is 0 Å². The monoisotopic (exact) mass is 520 g/mol. The molecule has 2 bridgehead atoms. The van der Waals surface area contributed by atoms with E-state index in [0.29, 0.717) is 55.6 Å². The molecule has 2 saturated heterocycles. The molecule has 7 fully saturated rings. The number of nitrogens with zero attached hydrogens (tertiary/aromatic N) is 2. The molecule has 8 nitrogen and oxygen atoms in total. The van der Waals surface area contributed by atoms with Gasteiger partial charge in [-0.3, -0.25) is 19.2 Å². The van der Waals surface area contributed by atoms with Crippen LogP contribution in [0, 0.1) is 36.5 Å². The Morgan fingerprint density at radius 2 is 1.15 bits per heavy atom. The highest BCUT2D eigenvalue weighted by atomic mass is 16.2. The maximum atomic E-state index is 14.0. The van der Waals surface area contributed by atoms with Crippen LogP contribution < -0.4 is 0 Å². The summed E-state index contributed by atoms with van der Waals surface area (Å²) >= 11 is 0. The lowest BCUT2D eigenvalue weighted by molar-refractivity contribution is -0.219. The van der Waals surface area contributed by atoms with Crippen molar-refractivity contribution in [1.82, 2.24) is 19.8 Å². The SMILES string of the molecule is Cc1c[nH]c2c1[C@@]13CC1CN(C(=O)C14CC(C(=O)N5CC6C[C@@]67C5=CC(=O)c5[nH]cc(C)c57)(C1)C4)C3=CC2=O. The quantitative estimate of drug-likeness (QED) is 0.634. The molecule has 2 spiro atoms. The molecule has 2 aromatic heterocycles. The molecule has 2 unspecified atom stereocenters. The van der Waals surface area contributed by atoms with Gasteiger partial charge in [0.25, 0.3) is 0 Å². The molecule has 11 rings (SSSR count). The molecular weight excluding hydrogens is 492 g/mol. The van der Waals surface area contributed by atoms with Gasteiger partial charge in [-0.05, 0) is 80.0 Å². The number of nitrogens with one attached hydrogen (secondary N) is 2. The fourth-order valence-corrected chi connectivity index (χ4v) is 10.3. The highest BCUT2D eigenvalue weighted by Crippen LogP contribution is 2.77. The summed E-state index contributed by atoms with van der Waals surface area (Å²) in [7, 11) is 0. The number of H-pyrrole nitrogens is 2. The maximum absolute atomic E-state index is 14.0. The Bertz CT molecular complexity index is 1610. The number of aromatic nitrogens is 2. The van der Waals surface area contributed by atoms with Crippen molar-refractivity contribution in [2.75, 3.05) is 13.1 Å². The van der Waals surface area contributed by atoms with Crippen LogP contribution in [0.25, 0.3) is 0 Å². The fraction of sp³-hybridized carbons (Fsp3) is 0.484. The van der Waals surface area contributed by atoms with E-state index < -0.39 is 10.8 Å². The molecule has 5 saturated carbocycles. The first-order valence-corrected chi connectivity index (χ1v) is 14.2. The number of piperidine rings is 2. The van der Waals surface area contributed by atoms with Crippen molar-refractivity contribution in [1.29, 1.82) is 0 Å². The Balaban J connectivity index is 0.917. The number of carbonyl (C=O) groups excluding carboxylic acids is 4. The van der Waals surface area contributed by atoms with Crippen molar-refractivity contribution >= 4 is 23.4 Å². The lowest BCUT2D eigenvalue weighted by Gasteiger charge is -2.69. The van der Waals surface area contributed by atoms with E-state index in [-0.39, 0.29) is 34.2 Å². The van der Waals surface area contributed by atoms with Crippen LogP contribution >= 0.6 is 0 Å². The van der Waals surface area contributed by atoms with Gasteiger partial charge in [0, 0.05) is 59.9 Å². The number of allylic oxidation sites excluding steroid dienone is 4. The van der Waals surface area contributed by atoms with E-state index in [2.05, 4.69) is 9.97 Å². The zero-order chi connectivity index (χ0) is 26.4. The molecule has 2 N–H and O–H groups in total. The van der Waals surface area contributed by atoms with Gasteiger partial charge in [-0.15, -0.1) is 0 Å². The number of aryl methyl sites for hydroxylation is 2. The summed E-state index contributed by atoms with van der Waals surface area (Å²) in [6, 6.07) is 0. The third-order valence-corrected chi connectivity index (χ3v) is 12.0. The van der Waals surface area contributed by atoms with Crippen molar-refractivity contribution in [2.45, 2.75) is 56.8 Å². The smallest absolute Gasteiger partial charge is 0.233 e. The van der Waals surface area contributed by atoms with Crippen LogP contribution in [0.1, 0.15) is 75.3 Å². The van der Waals surface area contributed by atoms with Crippen LogP contribution in [0.2, 0.25) is 0 Å². The number of hydrogen-bond acceptors (Lipinski definition) is 4. The largest absolute Gasteiger partial charge is 0.358 e. The number of fused-ring (bicyclic) bond motifs is 2. The second-order valence-electron chi connectivity index (χ2n) is 13.9. The standard InChI is InChI=1S/C31H28N4O4/c1-14-7-32-24-18(36)3-20-30(22(14)24)5-16(30)9-34(20)26(38)28-11-29(12-28,13-28)27(39)35-10-17-6-31(17)21(35)4-19(37)25-23(31)15(2)8-33-25/h3-4,7-8,16-17,32-33H,5-6,9-13H2,1-2H3/t16?,17?,28?,29?,30-,31-/m0/s1. The lowest BCUT2D eigenvalue weighted by atomic mass is 9.34. The van der Waals surface area contributed by atoms with Gasteiger partial charge in [-0.1, -0.05) is 0 Å². The van der Waals surface area contributed by atoms with Gasteiger partial charge in [0.05, 0.1) is 22.2 Å². The van der Waals surface area contributed by atoms with E-state index in [1.165, 1.54) is 0 Å². The summed E-state index contributed by atoms with van der Waals surface area (Å²) in [6.45, 7) is 5.40. The summed E-state index contributed by atoms with van der Waals surface area (Å²) in [5.74, 6) is 0.820. The molecule has 7 aliphatic carbocycles. The van der Waals surface area contributed by atoms with E-state index in [0.717, 1.165) is 46.5 Å². The molecule has 4 atom stereocenters. The first-order chi connectivity index (χ1) is 18.7. The Morgan fingerprint density at radius 1 is 0.744 bits per heavy atom. The van der Waals surface area contributed by atoms with Gasteiger partial charge in [0.1, 0.15) is 0 Å². The predicted octanol–water partition coefficient (Wildman–Crippen LogP) is 3.19. The Kier molecular flexibility index (Phi) is 3.13. The third-order valence-electron chi connectivity index (χ3n) is 12.0. The number of ketones is 2. The number of aromatic amines is 2. The molecule has 2 aliphatic heterocycles. The van der Waals surface area contributed by atoms with Crippen molar-refractivity contribution in [3.05, 3.63) is 69.6 Å². The van der Waals surface area contributed by atoms with Gasteiger partial charge in [0.2, 0.25) is 23.4 Å². The highest BCUT2D eigenvalue weighted by Gasteiger charge is 2.79. The maximum Gasteiger partial charge on any atom is 0.233 e. The number of amides is 2. The van der Waals surface area contributed by atoms with Crippen LogP contribution in [-0.2, 0) is 20.4 Å². The summed E-state index contributed by atoms with van der Waals surface area (Å²) in [6.07, 6.45) is 10.9. The minimum atomic E-state index is -0.494. The number of carbonyl (C=O) groups is 4. The summed E-state index contributed by atoms with van der Waals surface area (Å²) in [5, 5.41) is 0. The predicted molar refractivity (Wildman–Crippen MR) is 138 cm³/mol. The van der Waals surface area contributed by atoms with E-state index in [9.17, 15) is 19.2 Å². The topological polar surface area (TPSA) is 106 Å². The van der Waals surface area contributed by atoms with Gasteiger partial charge in [-0.25, -0.2) is 0 Å². The van der Waals surface area contributed by atoms with Crippen molar-refractivity contribution in [2.24, 2.45) is 22.7 Å². The minimum Gasteiger partial charge on any atom is -0.358 e. The molecule has 9 aliphatic rings. The van der Waals surface area contributed by atoms with Gasteiger partial charge >= 0.3 is 0 Å². The van der Waals surface area contributed by atoms with Crippen LogP contribution in [0.4, 0.5) is 0 Å². The summed E-state index contributed by atoms with van der Waals surface area (Å²) in [5.41, 5.74) is 6.12. The summed E-state index contributed by atoms with van der Waals surface area (Å²) in [4.78, 5) is 63.9. The average Bonchev–Trinajstić information content (AvgIpc) is 3.45. The molecule has 0 aromatic carbocycles. The third kappa shape index (κ3) is 1.99. The lowest BCUT2D eigenvalue weighted by Crippen LogP contribution is -2.72. The van der Waals surface area contributed by atoms with Gasteiger partial charge < -0.3 is 19.8 Å². The molecule has 8 heteroatoms. The van der Waals surface area contributed by atoms with E-state index in [1.54, 1.807) is 12.2 Å². The minimum absolute atomic E-state index is 0.0500. The molecule has 0 radical (unpaired) electrons. The molecule has 196 valence electrons. The normalized spacial score (nSPS) is 40.8. The fourth-order valence-electron chi connectivity index (χ4n) is 10.3. The zero-order valence-electron chi connectivity index (χ0n) is 21.9. The molecular formula is C31H28N4O4. The van der Waals surface area contributed by atoms with Gasteiger partial charge in [0.15, 0.2) is 0 Å². The van der Waals surface area contributed by atoms with Crippen molar-refractivity contribution in [3.63, 3.8) is 0 Å². The van der Waals surface area contributed by atoms with Crippen LogP contribution in [0.15, 0.2) is 35.9 Å². The van der Waals surface area contributed by atoms with Crippen molar-refractivity contribution in [3.8, 4) is 0 Å². The Hall–Kier alpha value is -3.68. The van der Waals surface area contributed by atoms with Gasteiger partial charge in [-0.2, -0.15) is 0 Å². The first-order valence-electron chi connectivity index (χ1n) is 14.2. The highest BCUT2D eigenvalue weighted by molar-refractivity contribution is 6.10.